The van der Waals surface area contributed by atoms with Gasteiger partial charge in [-0.15, -0.1) is 5.10 Å². The van der Waals surface area contributed by atoms with Crippen molar-refractivity contribution in [3.63, 3.8) is 0 Å². The normalized spacial score (nSPS) is 11.7. The Morgan fingerprint density at radius 1 is 0.593 bits per heavy atom. The summed E-state index contributed by atoms with van der Waals surface area (Å²) >= 11 is 0. The number of aromatic nitrogens is 8. The minimum absolute atomic E-state index is 0.133. The molecular formula is C42H34N8O7S2. The molecule has 0 aliphatic rings. The summed E-state index contributed by atoms with van der Waals surface area (Å²) < 4.78 is 66.2. The monoisotopic (exact) mass is 826 g/mol. The first-order chi connectivity index (χ1) is 28.4. The molecule has 0 bridgehead atoms. The molecule has 0 N–H and O–H groups in total. The molecule has 0 fully saturated rings. The summed E-state index contributed by atoms with van der Waals surface area (Å²) in [7, 11) is -4.44. The lowest BCUT2D eigenvalue weighted by Gasteiger charge is -2.07. The van der Waals surface area contributed by atoms with E-state index in [-0.39, 0.29) is 32.6 Å². The molecule has 0 saturated heterocycles. The number of ketones is 1. The number of rotatable bonds is 9. The van der Waals surface area contributed by atoms with Gasteiger partial charge in [-0.3, -0.25) is 4.79 Å². The zero-order valence-electron chi connectivity index (χ0n) is 32.0. The highest BCUT2D eigenvalue weighted by atomic mass is 32.2. The smallest absolute Gasteiger partial charge is 0.269 e. The highest BCUT2D eigenvalue weighted by molar-refractivity contribution is 7.90. The number of nitrogens with zero attached hydrogens (tertiary/aromatic N) is 8. The molecule has 5 aromatic heterocycles. The molecule has 4 aromatic carbocycles. The molecule has 9 rings (SSSR count). The maximum atomic E-state index is 13.1. The molecule has 0 aliphatic carbocycles. The van der Waals surface area contributed by atoms with Gasteiger partial charge in [0.1, 0.15) is 39.4 Å². The lowest BCUT2D eigenvalue weighted by molar-refractivity contribution is 0.103. The quantitative estimate of drug-likeness (QED) is 0.144. The van der Waals surface area contributed by atoms with Crippen molar-refractivity contribution in [3.05, 3.63) is 156 Å². The summed E-state index contributed by atoms with van der Waals surface area (Å²) in [6.45, 7) is 3.79. The Bertz CT molecular complexity index is 3230. The molecule has 5 heterocycles. The second-order valence-electron chi connectivity index (χ2n) is 13.3. The summed E-state index contributed by atoms with van der Waals surface area (Å²) in [5.74, 6) is 1.08. The van der Waals surface area contributed by atoms with Crippen molar-refractivity contribution in [1.82, 2.24) is 37.7 Å². The zero-order valence-corrected chi connectivity index (χ0v) is 33.6. The molecule has 0 unspecified atom stereocenters. The van der Waals surface area contributed by atoms with Gasteiger partial charge in [0.25, 0.3) is 20.0 Å². The molecule has 59 heavy (non-hydrogen) atoms. The average Bonchev–Trinajstić information content (AvgIpc) is 4.01. The second-order valence-corrected chi connectivity index (χ2v) is 16.9. The fourth-order valence-corrected chi connectivity index (χ4v) is 8.86. The first-order valence-corrected chi connectivity index (χ1v) is 20.8. The van der Waals surface area contributed by atoms with Crippen molar-refractivity contribution in [3.8, 4) is 22.8 Å². The second kappa shape index (κ2) is 15.3. The van der Waals surface area contributed by atoms with Crippen LogP contribution in [0, 0.1) is 13.8 Å². The van der Waals surface area contributed by atoms with Gasteiger partial charge in [0, 0.05) is 23.5 Å². The molecule has 0 saturated carbocycles. The van der Waals surface area contributed by atoms with Gasteiger partial charge in [-0.2, -0.15) is 0 Å². The molecule has 15 nitrogen and oxygen atoms in total. The first-order valence-electron chi connectivity index (χ1n) is 17.9. The third-order valence-electron chi connectivity index (χ3n) is 9.51. The molecule has 0 atom stereocenters. The predicted octanol–water partition coefficient (Wildman–Crippen LogP) is 6.52. The SMILES string of the molecule is COc1ccc(-c2nnn3c2cnc2c3ccn2S(=O)(=O)c2ccc(C)cc2)cc1.COc1ccc(C(=O)c2cnc3c(ccn3S(=O)(=O)c3ccc(C)cc3)n2)cc1. The molecular weight excluding hydrogens is 793 g/mol. The maximum absolute atomic E-state index is 13.1. The lowest BCUT2D eigenvalue weighted by Crippen LogP contribution is -2.13. The van der Waals surface area contributed by atoms with Crippen molar-refractivity contribution in [2.24, 2.45) is 0 Å². The van der Waals surface area contributed by atoms with Crippen LogP contribution in [0.1, 0.15) is 27.2 Å². The topological polar surface area (TPSA) is 183 Å². The Hall–Kier alpha value is -7.24. The number of methoxy groups -OCH3 is 2. The van der Waals surface area contributed by atoms with E-state index in [4.69, 9.17) is 9.47 Å². The Balaban J connectivity index is 0.000000164. The Kier molecular flexibility index (Phi) is 9.99. The lowest BCUT2D eigenvalue weighted by atomic mass is 10.1. The van der Waals surface area contributed by atoms with Crippen molar-refractivity contribution >= 4 is 53.7 Å². The number of aryl methyl sites for hydroxylation is 2. The van der Waals surface area contributed by atoms with E-state index in [0.717, 1.165) is 26.4 Å². The average molecular weight is 827 g/mol. The molecule has 9 aromatic rings. The molecule has 0 amide bonds. The number of carbonyl (C=O) groups excluding carboxylic acids is 1. The van der Waals surface area contributed by atoms with Crippen LogP contribution in [0.3, 0.4) is 0 Å². The van der Waals surface area contributed by atoms with Crippen molar-refractivity contribution in [1.29, 1.82) is 0 Å². The van der Waals surface area contributed by atoms with Gasteiger partial charge in [0.05, 0.1) is 36.4 Å². The van der Waals surface area contributed by atoms with Crippen LogP contribution in [0.2, 0.25) is 0 Å². The summed E-state index contributed by atoms with van der Waals surface area (Å²) in [6, 6.07) is 30.6. The highest BCUT2D eigenvalue weighted by Gasteiger charge is 2.23. The number of carbonyl (C=O) groups is 1. The van der Waals surface area contributed by atoms with Crippen LogP contribution < -0.4 is 9.47 Å². The van der Waals surface area contributed by atoms with E-state index in [0.29, 0.717) is 33.6 Å². The van der Waals surface area contributed by atoms with Gasteiger partial charge in [0.2, 0.25) is 5.78 Å². The number of hydrogen-bond donors (Lipinski definition) is 0. The van der Waals surface area contributed by atoms with Crippen LogP contribution in [0.5, 0.6) is 11.5 Å². The van der Waals surface area contributed by atoms with Crippen LogP contribution in [0.4, 0.5) is 0 Å². The van der Waals surface area contributed by atoms with E-state index in [1.807, 2.05) is 38.1 Å². The largest absolute Gasteiger partial charge is 0.497 e. The van der Waals surface area contributed by atoms with Crippen LogP contribution in [0.15, 0.2) is 144 Å². The van der Waals surface area contributed by atoms with Gasteiger partial charge in [-0.05, 0) is 98.8 Å². The minimum Gasteiger partial charge on any atom is -0.497 e. The van der Waals surface area contributed by atoms with Crippen molar-refractivity contribution in [2.75, 3.05) is 14.2 Å². The summed E-state index contributed by atoms with van der Waals surface area (Å²) in [6.07, 6.45) is 5.75. The standard InChI is InChI=1S/C21H17N5O3S.C21H17N3O4S/c1-14-3-9-17(10-4-14)30(27,28)25-12-11-18-21(25)22-13-19-20(23-24-26(18)19)15-5-7-16(29-2)8-6-15;1-14-3-9-17(10-4-14)29(26,27)24-12-11-18-21(24)22-13-19(23-18)20(25)15-5-7-16(28-2)8-6-15/h3-13H,1-2H3;3-13H,1-2H3. The highest BCUT2D eigenvalue weighted by Crippen LogP contribution is 2.28. The van der Waals surface area contributed by atoms with Crippen LogP contribution >= 0.6 is 0 Å². The van der Waals surface area contributed by atoms with Gasteiger partial charge >= 0.3 is 0 Å². The first kappa shape index (κ1) is 38.6. The zero-order chi connectivity index (χ0) is 41.5. The van der Waals surface area contributed by atoms with Gasteiger partial charge in [-0.1, -0.05) is 40.6 Å². The van der Waals surface area contributed by atoms with E-state index in [1.165, 1.54) is 28.6 Å². The molecule has 0 spiro atoms. The molecule has 17 heteroatoms. The number of fused-ring (bicyclic) bond motifs is 4. The van der Waals surface area contributed by atoms with Crippen LogP contribution in [0.25, 0.3) is 39.1 Å². The van der Waals surface area contributed by atoms with E-state index in [2.05, 4.69) is 25.3 Å². The Labute approximate surface area is 338 Å². The van der Waals surface area contributed by atoms with Crippen molar-refractivity contribution < 1.29 is 31.1 Å². The third-order valence-corrected chi connectivity index (χ3v) is 12.9. The fourth-order valence-electron chi connectivity index (χ4n) is 6.27. The maximum Gasteiger partial charge on any atom is 0.269 e. The van der Waals surface area contributed by atoms with Crippen LogP contribution in [-0.2, 0) is 20.0 Å². The van der Waals surface area contributed by atoms with Crippen LogP contribution in [-0.4, -0.2) is 74.6 Å². The van der Waals surface area contributed by atoms with E-state index in [1.54, 1.807) is 104 Å². The van der Waals surface area contributed by atoms with Gasteiger partial charge in [-0.25, -0.2) is 44.2 Å². The number of ether oxygens (including phenoxy) is 2. The number of hydrogen-bond acceptors (Lipinski definition) is 12. The molecule has 0 aliphatic heterocycles. The predicted molar refractivity (Wildman–Crippen MR) is 220 cm³/mol. The molecule has 0 radical (unpaired) electrons. The van der Waals surface area contributed by atoms with E-state index < -0.39 is 20.0 Å². The van der Waals surface area contributed by atoms with E-state index >= 15 is 0 Å². The minimum atomic E-state index is -3.82. The van der Waals surface area contributed by atoms with Crippen molar-refractivity contribution in [2.45, 2.75) is 23.6 Å². The Morgan fingerprint density at radius 3 is 1.69 bits per heavy atom. The van der Waals surface area contributed by atoms with Gasteiger partial charge in [0.15, 0.2) is 11.3 Å². The van der Waals surface area contributed by atoms with Gasteiger partial charge < -0.3 is 9.47 Å². The summed E-state index contributed by atoms with van der Waals surface area (Å²) in [5, 5.41) is 8.52. The number of benzene rings is 4. The third kappa shape index (κ3) is 7.17. The molecule has 296 valence electrons. The fraction of sp³-hybridized carbons (Fsp3) is 0.0952. The Morgan fingerprint density at radius 2 is 1.12 bits per heavy atom. The summed E-state index contributed by atoms with van der Waals surface area (Å²) in [5.41, 5.74) is 6.03. The van der Waals surface area contributed by atoms with E-state index in [9.17, 15) is 21.6 Å². The summed E-state index contributed by atoms with van der Waals surface area (Å²) in [4.78, 5) is 26.0.